The van der Waals surface area contributed by atoms with Crippen LogP contribution in [0.2, 0.25) is 0 Å². The number of carbonyl (C=O) groups excluding carboxylic acids is 1. The van der Waals surface area contributed by atoms with E-state index >= 15 is 0 Å². The number of amides is 1. The highest BCUT2D eigenvalue weighted by Gasteiger charge is 2.31. The molecule has 1 aromatic rings. The number of hydrogen-bond donors (Lipinski definition) is 0. The largest absolute Gasteiger partial charge is 0.444 e. The van der Waals surface area contributed by atoms with Crippen LogP contribution in [0.1, 0.15) is 59.6 Å². The van der Waals surface area contributed by atoms with E-state index in [2.05, 4.69) is 32.1 Å². The van der Waals surface area contributed by atoms with Gasteiger partial charge in [0.25, 0.3) is 0 Å². The van der Waals surface area contributed by atoms with E-state index < -0.39 is 5.60 Å². The molecule has 5 heteroatoms. The van der Waals surface area contributed by atoms with E-state index in [-0.39, 0.29) is 17.6 Å². The van der Waals surface area contributed by atoms with Crippen molar-refractivity contribution in [2.24, 2.45) is 0 Å². The molecule has 1 saturated heterocycles. The van der Waals surface area contributed by atoms with Crippen LogP contribution in [0, 0.1) is 0 Å². The van der Waals surface area contributed by atoms with E-state index in [9.17, 15) is 4.79 Å². The Kier molecular flexibility index (Phi) is 4.04. The Bertz CT molecular complexity index is 508. The molecule has 0 saturated carbocycles. The summed E-state index contributed by atoms with van der Waals surface area (Å²) >= 11 is 0. The summed E-state index contributed by atoms with van der Waals surface area (Å²) in [5, 5.41) is 4.47. The first-order valence-corrected chi connectivity index (χ1v) is 7.59. The van der Waals surface area contributed by atoms with E-state index in [0.717, 1.165) is 13.0 Å². The van der Waals surface area contributed by atoms with Crippen LogP contribution in [0.15, 0.2) is 12.4 Å². The second kappa shape index (κ2) is 5.35. The van der Waals surface area contributed by atoms with Crippen LogP contribution >= 0.6 is 0 Å². The van der Waals surface area contributed by atoms with Crippen molar-refractivity contribution in [1.29, 1.82) is 0 Å². The molecule has 0 bridgehead atoms. The molecule has 1 atom stereocenters. The summed E-state index contributed by atoms with van der Waals surface area (Å²) in [7, 11) is 0. The van der Waals surface area contributed by atoms with Crippen molar-refractivity contribution in [3.05, 3.63) is 18.0 Å². The zero-order valence-corrected chi connectivity index (χ0v) is 14.0. The number of likely N-dealkylation sites (tertiary alicyclic amines) is 1. The van der Waals surface area contributed by atoms with Crippen molar-refractivity contribution in [2.45, 2.75) is 65.0 Å². The van der Waals surface area contributed by atoms with Gasteiger partial charge < -0.3 is 9.64 Å². The van der Waals surface area contributed by atoms with Crippen LogP contribution in [-0.2, 0) is 10.2 Å². The Hall–Kier alpha value is -1.52. The third-order valence-corrected chi connectivity index (χ3v) is 3.66. The van der Waals surface area contributed by atoms with Crippen LogP contribution in [0.4, 0.5) is 4.79 Å². The van der Waals surface area contributed by atoms with Gasteiger partial charge in [-0.2, -0.15) is 5.10 Å². The van der Waals surface area contributed by atoms with Gasteiger partial charge in [0.05, 0.1) is 12.2 Å². The van der Waals surface area contributed by atoms with E-state index in [1.165, 1.54) is 5.56 Å². The van der Waals surface area contributed by atoms with Gasteiger partial charge in [-0.05, 0) is 38.2 Å². The SMILES string of the molecule is CC(C)(C)OC(=O)N1CC[C@@H](n2cc(C(C)(C)C)cn2)C1. The summed E-state index contributed by atoms with van der Waals surface area (Å²) in [5.74, 6) is 0. The minimum Gasteiger partial charge on any atom is -0.444 e. The number of rotatable bonds is 1. The Morgan fingerprint density at radius 1 is 1.29 bits per heavy atom. The lowest BCUT2D eigenvalue weighted by Gasteiger charge is -2.24. The van der Waals surface area contributed by atoms with Crippen molar-refractivity contribution < 1.29 is 9.53 Å². The molecular formula is C16H27N3O2. The maximum atomic E-state index is 12.1. The second-order valence-electron chi connectivity index (χ2n) is 7.83. The van der Waals surface area contributed by atoms with Crippen LogP contribution in [0.25, 0.3) is 0 Å². The van der Waals surface area contributed by atoms with Gasteiger partial charge in [-0.25, -0.2) is 4.79 Å². The summed E-state index contributed by atoms with van der Waals surface area (Å²) in [5.41, 5.74) is 0.875. The summed E-state index contributed by atoms with van der Waals surface area (Å²) in [6.07, 6.45) is 4.72. The molecule has 1 aliphatic rings. The predicted molar refractivity (Wildman–Crippen MR) is 82.4 cm³/mol. The van der Waals surface area contributed by atoms with Crippen molar-refractivity contribution in [1.82, 2.24) is 14.7 Å². The van der Waals surface area contributed by atoms with Crippen LogP contribution in [0.3, 0.4) is 0 Å². The number of hydrogen-bond acceptors (Lipinski definition) is 3. The lowest BCUT2D eigenvalue weighted by molar-refractivity contribution is 0.0288. The molecule has 0 radical (unpaired) electrons. The van der Waals surface area contributed by atoms with Crippen molar-refractivity contribution in [2.75, 3.05) is 13.1 Å². The first kappa shape index (κ1) is 15.9. The topological polar surface area (TPSA) is 47.4 Å². The smallest absolute Gasteiger partial charge is 0.410 e. The average Bonchev–Trinajstić information content (AvgIpc) is 2.95. The number of nitrogens with zero attached hydrogens (tertiary/aromatic N) is 3. The molecule has 0 unspecified atom stereocenters. The van der Waals surface area contributed by atoms with Crippen LogP contribution in [-0.4, -0.2) is 39.5 Å². The summed E-state index contributed by atoms with van der Waals surface area (Å²) in [4.78, 5) is 13.8. The molecule has 5 nitrogen and oxygen atoms in total. The van der Waals surface area contributed by atoms with E-state index in [4.69, 9.17) is 4.74 Å². The summed E-state index contributed by atoms with van der Waals surface area (Å²) < 4.78 is 7.41. The predicted octanol–water partition coefficient (Wildman–Crippen LogP) is 3.36. The third-order valence-electron chi connectivity index (χ3n) is 3.66. The first-order valence-electron chi connectivity index (χ1n) is 7.59. The monoisotopic (exact) mass is 293 g/mol. The molecule has 1 aromatic heterocycles. The Balaban J connectivity index is 1.99. The normalized spacial score (nSPS) is 19.9. The molecule has 2 rings (SSSR count). The third kappa shape index (κ3) is 3.99. The standard InChI is InChI=1S/C16H27N3O2/c1-15(2,3)12-9-17-19(10-12)13-7-8-18(11-13)14(20)21-16(4,5)6/h9-10,13H,7-8,11H2,1-6H3/t13-/m1/s1. The highest BCUT2D eigenvalue weighted by Crippen LogP contribution is 2.26. The van der Waals surface area contributed by atoms with Crippen LogP contribution in [0.5, 0.6) is 0 Å². The number of carbonyl (C=O) groups is 1. The Labute approximate surface area is 127 Å². The fraction of sp³-hybridized carbons (Fsp3) is 0.750. The van der Waals surface area contributed by atoms with Gasteiger partial charge in [0.2, 0.25) is 0 Å². The summed E-state index contributed by atoms with van der Waals surface area (Å²) in [6.45, 7) is 13.6. The maximum Gasteiger partial charge on any atom is 0.410 e. The van der Waals surface area contributed by atoms with Crippen molar-refractivity contribution >= 4 is 6.09 Å². The molecule has 1 amide bonds. The van der Waals surface area contributed by atoms with Crippen molar-refractivity contribution in [3.8, 4) is 0 Å². The first-order chi connectivity index (χ1) is 9.56. The molecule has 1 fully saturated rings. The second-order valence-corrected chi connectivity index (χ2v) is 7.83. The zero-order valence-electron chi connectivity index (χ0n) is 14.0. The van der Waals surface area contributed by atoms with E-state index in [1.54, 1.807) is 4.90 Å². The molecule has 0 spiro atoms. The van der Waals surface area contributed by atoms with Crippen molar-refractivity contribution in [3.63, 3.8) is 0 Å². The zero-order chi connectivity index (χ0) is 15.8. The highest BCUT2D eigenvalue weighted by molar-refractivity contribution is 5.68. The van der Waals surface area contributed by atoms with E-state index in [1.807, 2.05) is 31.6 Å². The lowest BCUT2D eigenvalue weighted by Crippen LogP contribution is -2.35. The average molecular weight is 293 g/mol. The van der Waals surface area contributed by atoms with Gasteiger partial charge in [0.1, 0.15) is 5.60 Å². The van der Waals surface area contributed by atoms with Gasteiger partial charge in [-0.3, -0.25) is 4.68 Å². The highest BCUT2D eigenvalue weighted by atomic mass is 16.6. The Morgan fingerprint density at radius 2 is 1.95 bits per heavy atom. The minimum absolute atomic E-state index is 0.0989. The number of ether oxygens (including phenoxy) is 1. The Morgan fingerprint density at radius 3 is 2.48 bits per heavy atom. The lowest BCUT2D eigenvalue weighted by atomic mass is 9.90. The molecule has 0 N–H and O–H groups in total. The molecule has 21 heavy (non-hydrogen) atoms. The molecule has 0 aliphatic carbocycles. The molecule has 0 aromatic carbocycles. The number of aromatic nitrogens is 2. The van der Waals surface area contributed by atoms with Gasteiger partial charge in [0, 0.05) is 19.3 Å². The van der Waals surface area contributed by atoms with Gasteiger partial charge in [-0.1, -0.05) is 20.8 Å². The fourth-order valence-electron chi connectivity index (χ4n) is 2.38. The van der Waals surface area contributed by atoms with E-state index in [0.29, 0.717) is 6.54 Å². The van der Waals surface area contributed by atoms with Gasteiger partial charge in [0.15, 0.2) is 0 Å². The maximum absolute atomic E-state index is 12.1. The quantitative estimate of drug-likeness (QED) is 0.797. The molecule has 1 aliphatic heterocycles. The van der Waals surface area contributed by atoms with Gasteiger partial charge in [-0.15, -0.1) is 0 Å². The van der Waals surface area contributed by atoms with Crippen LogP contribution < -0.4 is 0 Å². The van der Waals surface area contributed by atoms with Gasteiger partial charge >= 0.3 is 6.09 Å². The molecule has 118 valence electrons. The minimum atomic E-state index is -0.444. The molecular weight excluding hydrogens is 266 g/mol. The molecule has 2 heterocycles. The fourth-order valence-corrected chi connectivity index (χ4v) is 2.38. The summed E-state index contributed by atoms with van der Waals surface area (Å²) in [6, 6.07) is 0.244.